The minimum atomic E-state index is -2.12. The Morgan fingerprint density at radius 3 is 1.88 bits per heavy atom. The Morgan fingerprint density at radius 2 is 1.42 bits per heavy atom. The predicted octanol–water partition coefficient (Wildman–Crippen LogP) is 11.2. The zero-order valence-corrected chi connectivity index (χ0v) is 38.9. The molecule has 0 aromatic rings. The van der Waals surface area contributed by atoms with Gasteiger partial charge in [0.2, 0.25) is 0 Å². The normalized spacial score (nSPS) is 23.6. The first-order valence-electron chi connectivity index (χ1n) is 19.1. The summed E-state index contributed by atoms with van der Waals surface area (Å²) in [6, 6.07) is 3.33. The fraction of sp³-hybridized carbons (Fsp3) is 1.00. The van der Waals surface area contributed by atoms with Crippen LogP contribution in [0, 0.1) is 0 Å². The molecule has 0 spiro atoms. The maximum Gasteiger partial charge on any atom is 0.192 e. The molecular weight excluding hydrogens is 689 g/mol. The summed E-state index contributed by atoms with van der Waals surface area (Å²) < 4.78 is 33.5. The third-order valence-corrected chi connectivity index (χ3v) is 29.1. The smallest absolute Gasteiger partial charge is 0.192 e. The predicted molar refractivity (Wildman–Crippen MR) is 218 cm³/mol. The SMILES string of the molecule is CC[Si](CC)(CC)O[C@@H](CCO[Si](C)(C)C(C)(C)C)C[C@H](O)CC1(C[C@](C)(C[C@@H]2COC(C)(C)O2)O[Si](C)(C)C(C)(C)C)SCCCS1. The molecule has 0 amide bonds. The van der Waals surface area contributed by atoms with E-state index in [4.69, 9.17) is 22.8 Å². The largest absolute Gasteiger partial charge is 0.417 e. The molecule has 0 radical (unpaired) electrons. The molecule has 0 bridgehead atoms. The highest BCUT2D eigenvalue weighted by Crippen LogP contribution is 2.54. The highest BCUT2D eigenvalue weighted by molar-refractivity contribution is 8.18. The lowest BCUT2D eigenvalue weighted by Gasteiger charge is -2.49. The van der Waals surface area contributed by atoms with Crippen LogP contribution >= 0.6 is 23.5 Å². The Balaban J connectivity index is 2.36. The first kappa shape index (κ1) is 45.3. The van der Waals surface area contributed by atoms with Gasteiger partial charge in [0.1, 0.15) is 0 Å². The molecule has 2 rings (SSSR count). The van der Waals surface area contributed by atoms with Gasteiger partial charge < -0.3 is 27.9 Å². The molecule has 2 aliphatic heterocycles. The van der Waals surface area contributed by atoms with Gasteiger partial charge in [0.05, 0.1) is 28.5 Å². The van der Waals surface area contributed by atoms with E-state index in [9.17, 15) is 5.11 Å². The summed E-state index contributed by atoms with van der Waals surface area (Å²) >= 11 is 4.10. The molecular formula is C37H78O6S2Si3. The third-order valence-electron chi connectivity index (χ3n) is 11.8. The fourth-order valence-corrected chi connectivity index (χ4v) is 16.2. The van der Waals surface area contributed by atoms with Gasteiger partial charge in [-0.25, -0.2) is 0 Å². The first-order valence-corrected chi connectivity index (χ1v) is 29.4. The number of thioether (sulfide) groups is 2. The Kier molecular flexibility index (Phi) is 16.5. The van der Waals surface area contributed by atoms with Gasteiger partial charge in [-0.05, 0) is 119 Å². The van der Waals surface area contributed by atoms with E-state index in [0.717, 1.165) is 55.3 Å². The van der Waals surface area contributed by atoms with Crippen molar-refractivity contribution in [3.8, 4) is 0 Å². The summed E-state index contributed by atoms with van der Waals surface area (Å²) in [6.45, 7) is 37.8. The van der Waals surface area contributed by atoms with Gasteiger partial charge in [-0.2, -0.15) is 0 Å². The van der Waals surface area contributed by atoms with E-state index in [1.807, 2.05) is 37.4 Å². The minimum absolute atomic E-state index is 0.00746. The number of hydrogen-bond acceptors (Lipinski definition) is 8. The van der Waals surface area contributed by atoms with Gasteiger partial charge in [-0.3, -0.25) is 0 Å². The maximum absolute atomic E-state index is 12.1. The lowest BCUT2D eigenvalue weighted by atomic mass is 9.90. The van der Waals surface area contributed by atoms with E-state index < -0.39 is 42.4 Å². The molecule has 0 aromatic carbocycles. The molecule has 2 fully saturated rings. The van der Waals surface area contributed by atoms with E-state index in [1.54, 1.807) is 0 Å². The molecule has 0 unspecified atom stereocenters. The zero-order chi connectivity index (χ0) is 36.9. The number of aliphatic hydroxyl groups is 1. The third kappa shape index (κ3) is 13.2. The van der Waals surface area contributed by atoms with E-state index in [1.165, 1.54) is 6.42 Å². The van der Waals surface area contributed by atoms with Crippen molar-refractivity contribution in [3.63, 3.8) is 0 Å². The van der Waals surface area contributed by atoms with Crippen molar-refractivity contribution < 1.29 is 27.9 Å². The van der Waals surface area contributed by atoms with Crippen LogP contribution < -0.4 is 0 Å². The second-order valence-corrected chi connectivity index (χ2v) is 36.1. The van der Waals surface area contributed by atoms with Crippen LogP contribution in [0.15, 0.2) is 0 Å². The molecule has 48 heavy (non-hydrogen) atoms. The van der Waals surface area contributed by atoms with Gasteiger partial charge in [-0.15, -0.1) is 23.5 Å². The van der Waals surface area contributed by atoms with Crippen molar-refractivity contribution in [2.24, 2.45) is 0 Å². The van der Waals surface area contributed by atoms with E-state index in [2.05, 4.69) is 95.4 Å². The van der Waals surface area contributed by atoms with Crippen LogP contribution in [-0.2, 0) is 22.8 Å². The number of aliphatic hydroxyl groups excluding tert-OH is 1. The second kappa shape index (κ2) is 17.5. The van der Waals surface area contributed by atoms with E-state index in [0.29, 0.717) is 19.6 Å². The summed E-state index contributed by atoms with van der Waals surface area (Å²) in [6.07, 6.45) is 4.63. The minimum Gasteiger partial charge on any atom is -0.417 e. The van der Waals surface area contributed by atoms with Gasteiger partial charge >= 0.3 is 0 Å². The van der Waals surface area contributed by atoms with E-state index in [-0.39, 0.29) is 26.4 Å². The van der Waals surface area contributed by atoms with Crippen LogP contribution in [0.5, 0.6) is 0 Å². The fourth-order valence-electron chi connectivity index (χ4n) is 6.73. The summed E-state index contributed by atoms with van der Waals surface area (Å²) in [5.41, 5.74) is -0.407. The molecule has 6 nitrogen and oxygen atoms in total. The number of ether oxygens (including phenoxy) is 2. The van der Waals surface area contributed by atoms with Crippen molar-refractivity contribution in [2.45, 2.75) is 210 Å². The van der Waals surface area contributed by atoms with Gasteiger partial charge in [-0.1, -0.05) is 62.3 Å². The van der Waals surface area contributed by atoms with Crippen molar-refractivity contribution in [3.05, 3.63) is 0 Å². The molecule has 0 aliphatic carbocycles. The van der Waals surface area contributed by atoms with Crippen LogP contribution in [0.1, 0.15) is 122 Å². The van der Waals surface area contributed by atoms with Crippen LogP contribution in [0.2, 0.25) is 54.4 Å². The zero-order valence-electron chi connectivity index (χ0n) is 34.2. The van der Waals surface area contributed by atoms with Gasteiger partial charge in [0.25, 0.3) is 0 Å². The van der Waals surface area contributed by atoms with Crippen LogP contribution in [0.25, 0.3) is 0 Å². The monoisotopic (exact) mass is 766 g/mol. The average Bonchev–Trinajstić information content (AvgIpc) is 3.27. The number of rotatable bonds is 19. The van der Waals surface area contributed by atoms with E-state index >= 15 is 0 Å². The molecule has 0 aromatic heterocycles. The van der Waals surface area contributed by atoms with Crippen molar-refractivity contribution in [1.82, 2.24) is 0 Å². The summed E-state index contributed by atoms with van der Waals surface area (Å²) in [4.78, 5) is 0. The van der Waals surface area contributed by atoms with Crippen molar-refractivity contribution in [2.75, 3.05) is 24.7 Å². The number of hydrogen-bond donors (Lipinski definition) is 1. The average molecular weight is 767 g/mol. The molecule has 11 heteroatoms. The highest BCUT2D eigenvalue weighted by Gasteiger charge is 2.50. The Bertz CT molecular complexity index is 965. The summed E-state index contributed by atoms with van der Waals surface area (Å²) in [5.74, 6) is 1.66. The summed E-state index contributed by atoms with van der Waals surface area (Å²) in [5, 5.41) is 12.3. The van der Waals surface area contributed by atoms with Crippen LogP contribution in [0.4, 0.5) is 0 Å². The van der Waals surface area contributed by atoms with Gasteiger partial charge in [0.15, 0.2) is 30.7 Å². The first-order chi connectivity index (χ1) is 21.8. The molecule has 286 valence electrons. The maximum atomic E-state index is 12.1. The molecule has 2 saturated heterocycles. The molecule has 2 heterocycles. The Labute approximate surface area is 309 Å². The van der Waals surface area contributed by atoms with Crippen molar-refractivity contribution >= 4 is 48.5 Å². The Morgan fingerprint density at radius 1 is 0.875 bits per heavy atom. The highest BCUT2D eigenvalue weighted by atomic mass is 32.2. The molecule has 2 aliphatic rings. The van der Waals surface area contributed by atoms with Gasteiger partial charge in [0, 0.05) is 19.1 Å². The molecule has 1 N–H and O–H groups in total. The topological polar surface area (TPSA) is 66.4 Å². The van der Waals surface area contributed by atoms with Crippen molar-refractivity contribution in [1.29, 1.82) is 0 Å². The molecule has 0 saturated carbocycles. The summed E-state index contributed by atoms with van der Waals surface area (Å²) in [7, 11) is -5.86. The van der Waals surface area contributed by atoms with Crippen LogP contribution in [0.3, 0.4) is 0 Å². The Hall–Kier alpha value is 1.11. The second-order valence-electron chi connectivity index (χ2n) is 18.6. The van der Waals surface area contributed by atoms with Crippen LogP contribution in [-0.4, -0.2) is 88.6 Å². The standard InChI is InChI=1S/C37H78O6S2Si3/c1-17-48(18-2,19-3)42-31(21-22-40-46(13,14)33(4,5)6)25-30(38)26-37(44-23-20-24-45-37)29-36(12,43-47(15,16)34(7,8)9)27-32-28-39-35(10,11)41-32/h30-32,38H,17-29H2,1-16H3/t30-,31-,32+,36-/m0/s1. The molecule has 4 atom stereocenters. The lowest BCUT2D eigenvalue weighted by molar-refractivity contribution is -0.144. The quantitative estimate of drug-likeness (QED) is 0.130. The lowest BCUT2D eigenvalue weighted by Crippen LogP contribution is -2.52.